The maximum atomic E-state index is 11.7. The van der Waals surface area contributed by atoms with E-state index in [-0.39, 0.29) is 42.5 Å². The molecular formula is C19H17ClNNaO6. The van der Waals surface area contributed by atoms with Gasteiger partial charge in [-0.05, 0) is 36.2 Å². The van der Waals surface area contributed by atoms with Crippen molar-refractivity contribution in [1.82, 2.24) is 5.32 Å². The Morgan fingerprint density at radius 2 is 1.64 bits per heavy atom. The Bertz CT molecular complexity index is 785. The van der Waals surface area contributed by atoms with Crippen LogP contribution < -0.4 is 40.0 Å². The topological polar surface area (TPSA) is 105 Å². The molecule has 0 saturated heterocycles. The molecule has 0 bridgehead atoms. The van der Waals surface area contributed by atoms with Crippen LogP contribution in [0, 0.1) is 0 Å². The molecule has 9 heteroatoms. The zero-order valence-electron chi connectivity index (χ0n) is 15.2. The normalized spacial score (nSPS) is 10.9. The summed E-state index contributed by atoms with van der Waals surface area (Å²) in [6, 6.07) is 14.6. The van der Waals surface area contributed by atoms with Gasteiger partial charge in [-0.25, -0.2) is 9.59 Å². The standard InChI is InChI=1S/C19H18ClNO6.Na/c20-15-8-6-13(7-9-15)16(17(22)23)10-11-21-19(25)27-12-26-18(24)14-4-2-1-3-5-14;/h1-9,16H,10-12H2,(H,21,25)(H,22,23);/q;+1/p-1. The number of hydrogen-bond donors (Lipinski definition) is 1. The number of amides is 1. The van der Waals surface area contributed by atoms with Crippen molar-refractivity contribution in [3.8, 4) is 0 Å². The van der Waals surface area contributed by atoms with Gasteiger partial charge < -0.3 is 24.7 Å². The largest absolute Gasteiger partial charge is 1.00 e. The summed E-state index contributed by atoms with van der Waals surface area (Å²) in [5.41, 5.74) is 0.854. The van der Waals surface area contributed by atoms with Gasteiger partial charge in [0.1, 0.15) is 0 Å². The molecule has 0 radical (unpaired) electrons. The van der Waals surface area contributed by atoms with Crippen molar-refractivity contribution in [3.05, 3.63) is 70.7 Å². The first-order chi connectivity index (χ1) is 13.0. The summed E-state index contributed by atoms with van der Waals surface area (Å²) in [6.07, 6.45) is -0.730. The zero-order chi connectivity index (χ0) is 19.6. The molecule has 0 aliphatic carbocycles. The molecule has 1 amide bonds. The van der Waals surface area contributed by atoms with Gasteiger partial charge in [-0.1, -0.05) is 41.9 Å². The van der Waals surface area contributed by atoms with Crippen LogP contribution >= 0.6 is 11.6 Å². The molecule has 0 aliphatic heterocycles. The van der Waals surface area contributed by atoms with Crippen LogP contribution in [0.25, 0.3) is 0 Å². The molecule has 2 aromatic carbocycles. The summed E-state index contributed by atoms with van der Waals surface area (Å²) in [5, 5.41) is 14.2. The number of carbonyl (C=O) groups excluding carboxylic acids is 3. The number of aliphatic carboxylic acids is 1. The van der Waals surface area contributed by atoms with Crippen molar-refractivity contribution in [1.29, 1.82) is 0 Å². The van der Waals surface area contributed by atoms with Gasteiger partial charge >= 0.3 is 41.6 Å². The van der Waals surface area contributed by atoms with E-state index < -0.39 is 30.7 Å². The predicted octanol–water partition coefficient (Wildman–Crippen LogP) is -0.892. The fourth-order valence-electron chi connectivity index (χ4n) is 2.28. The van der Waals surface area contributed by atoms with Crippen LogP contribution in [-0.2, 0) is 14.3 Å². The number of ether oxygens (including phenoxy) is 2. The van der Waals surface area contributed by atoms with Crippen molar-refractivity contribution >= 4 is 29.6 Å². The molecule has 0 spiro atoms. The van der Waals surface area contributed by atoms with E-state index in [9.17, 15) is 19.5 Å². The Morgan fingerprint density at radius 3 is 2.25 bits per heavy atom. The molecule has 0 fully saturated rings. The van der Waals surface area contributed by atoms with E-state index in [0.29, 0.717) is 16.1 Å². The van der Waals surface area contributed by atoms with E-state index in [1.165, 1.54) is 0 Å². The number of carboxylic acids is 1. The second kappa shape index (κ2) is 12.4. The number of carboxylic acid groups (broad SMARTS) is 1. The molecule has 7 nitrogen and oxygen atoms in total. The summed E-state index contributed by atoms with van der Waals surface area (Å²) in [6.45, 7) is -0.520. The number of rotatable bonds is 8. The van der Waals surface area contributed by atoms with Crippen LogP contribution in [0.5, 0.6) is 0 Å². The fourth-order valence-corrected chi connectivity index (χ4v) is 2.41. The van der Waals surface area contributed by atoms with Crippen molar-refractivity contribution < 1.29 is 58.5 Å². The SMILES string of the molecule is O=C(NCCC(C(=O)[O-])c1ccc(Cl)cc1)OCOC(=O)c1ccccc1.[Na+]. The Labute approximate surface area is 189 Å². The molecule has 0 aromatic heterocycles. The van der Waals surface area contributed by atoms with Gasteiger partial charge in [-0.3, -0.25) is 0 Å². The van der Waals surface area contributed by atoms with Gasteiger partial charge in [0, 0.05) is 23.5 Å². The molecule has 2 aromatic rings. The van der Waals surface area contributed by atoms with Gasteiger partial charge in [-0.2, -0.15) is 0 Å². The van der Waals surface area contributed by atoms with Gasteiger partial charge in [-0.15, -0.1) is 0 Å². The molecule has 0 saturated carbocycles. The van der Waals surface area contributed by atoms with E-state index >= 15 is 0 Å². The van der Waals surface area contributed by atoms with Crippen LogP contribution in [0.4, 0.5) is 4.79 Å². The minimum atomic E-state index is -1.26. The number of alkyl carbamates (subject to hydrolysis) is 1. The number of esters is 1. The third kappa shape index (κ3) is 7.90. The Morgan fingerprint density at radius 1 is 1.00 bits per heavy atom. The molecule has 0 aliphatic rings. The average Bonchev–Trinajstić information content (AvgIpc) is 2.66. The molecule has 28 heavy (non-hydrogen) atoms. The monoisotopic (exact) mass is 413 g/mol. The second-order valence-electron chi connectivity index (χ2n) is 5.49. The van der Waals surface area contributed by atoms with Gasteiger partial charge in [0.05, 0.1) is 5.56 Å². The smallest absolute Gasteiger partial charge is 0.549 e. The summed E-state index contributed by atoms with van der Waals surface area (Å²) >= 11 is 5.78. The third-order valence-corrected chi connectivity index (χ3v) is 3.90. The molecule has 1 unspecified atom stereocenters. The van der Waals surface area contributed by atoms with E-state index in [0.717, 1.165) is 0 Å². The quantitative estimate of drug-likeness (QED) is 0.342. The minimum absolute atomic E-state index is 0. The predicted molar refractivity (Wildman–Crippen MR) is 95.0 cm³/mol. The minimum Gasteiger partial charge on any atom is -0.549 e. The molecular weight excluding hydrogens is 397 g/mol. The van der Waals surface area contributed by atoms with Crippen LogP contribution in [0.15, 0.2) is 54.6 Å². The summed E-state index contributed by atoms with van der Waals surface area (Å²) in [7, 11) is 0. The Kier molecular flexibility index (Phi) is 10.6. The second-order valence-corrected chi connectivity index (χ2v) is 5.92. The molecule has 142 valence electrons. The van der Waals surface area contributed by atoms with Crippen LogP contribution in [-0.4, -0.2) is 31.4 Å². The fraction of sp³-hybridized carbons (Fsp3) is 0.211. The third-order valence-electron chi connectivity index (χ3n) is 3.65. The number of nitrogens with one attached hydrogen (secondary N) is 1. The number of halogens is 1. The van der Waals surface area contributed by atoms with Crippen LogP contribution in [0.3, 0.4) is 0 Å². The molecule has 1 N–H and O–H groups in total. The van der Waals surface area contributed by atoms with Crippen LogP contribution in [0.1, 0.15) is 28.3 Å². The van der Waals surface area contributed by atoms with E-state index in [2.05, 4.69) is 5.32 Å². The van der Waals surface area contributed by atoms with Crippen LogP contribution in [0.2, 0.25) is 5.02 Å². The average molecular weight is 414 g/mol. The van der Waals surface area contributed by atoms with Crippen molar-refractivity contribution in [2.24, 2.45) is 0 Å². The first kappa shape index (κ1) is 24.0. The van der Waals surface area contributed by atoms with Gasteiger partial charge in [0.15, 0.2) is 0 Å². The van der Waals surface area contributed by atoms with E-state index in [1.54, 1.807) is 54.6 Å². The van der Waals surface area contributed by atoms with Crippen molar-refractivity contribution in [2.45, 2.75) is 12.3 Å². The molecule has 2 rings (SSSR count). The first-order valence-corrected chi connectivity index (χ1v) is 8.44. The maximum absolute atomic E-state index is 11.7. The van der Waals surface area contributed by atoms with Crippen molar-refractivity contribution in [2.75, 3.05) is 13.3 Å². The number of carbonyl (C=O) groups is 3. The molecule has 0 heterocycles. The zero-order valence-corrected chi connectivity index (χ0v) is 18.0. The summed E-state index contributed by atoms with van der Waals surface area (Å²) < 4.78 is 9.53. The summed E-state index contributed by atoms with van der Waals surface area (Å²) in [5.74, 6) is -2.79. The van der Waals surface area contributed by atoms with Crippen molar-refractivity contribution in [3.63, 3.8) is 0 Å². The van der Waals surface area contributed by atoms with Gasteiger partial charge in [0.2, 0.25) is 6.79 Å². The van der Waals surface area contributed by atoms with E-state index in [1.807, 2.05) is 0 Å². The van der Waals surface area contributed by atoms with Gasteiger partial charge in [0.25, 0.3) is 0 Å². The summed E-state index contributed by atoms with van der Waals surface area (Å²) in [4.78, 5) is 34.6. The molecule has 1 atom stereocenters. The first-order valence-electron chi connectivity index (χ1n) is 8.06. The Hall–Kier alpha value is -2.06. The maximum Gasteiger partial charge on any atom is 1.00 e. The number of benzene rings is 2. The number of hydrogen-bond acceptors (Lipinski definition) is 6. The Balaban J connectivity index is 0.00000392. The van der Waals surface area contributed by atoms with E-state index in [4.69, 9.17) is 21.1 Å².